The van der Waals surface area contributed by atoms with Crippen LogP contribution in [0.3, 0.4) is 0 Å². The van der Waals surface area contributed by atoms with E-state index in [1.165, 1.54) is 15.5 Å². The maximum atomic E-state index is 12.8. The predicted molar refractivity (Wildman–Crippen MR) is 106 cm³/mol. The molecule has 0 spiro atoms. The number of aromatic nitrogens is 4. The average Bonchev–Trinajstić information content (AvgIpc) is 3.36. The maximum Gasteiger partial charge on any atom is 0.332 e. The molecule has 0 aliphatic carbocycles. The second-order valence-electron chi connectivity index (χ2n) is 6.82. The SMILES string of the molecule is COc1ccc(C2=NOC(Cn3c(=O)c4c(ncn4C)n(C)c3=O)C2)cc1OC. The van der Waals surface area contributed by atoms with Crippen molar-refractivity contribution in [2.45, 2.75) is 19.1 Å². The summed E-state index contributed by atoms with van der Waals surface area (Å²) in [5.41, 5.74) is 1.42. The molecule has 0 fully saturated rings. The van der Waals surface area contributed by atoms with Gasteiger partial charge in [-0.2, -0.15) is 0 Å². The quantitative estimate of drug-likeness (QED) is 0.624. The molecule has 3 heterocycles. The summed E-state index contributed by atoms with van der Waals surface area (Å²) >= 11 is 0. The number of hydrogen-bond acceptors (Lipinski definition) is 7. The number of ether oxygens (including phenoxy) is 2. The Labute approximate surface area is 165 Å². The summed E-state index contributed by atoms with van der Waals surface area (Å²) in [4.78, 5) is 35.1. The molecule has 1 atom stereocenters. The van der Waals surface area contributed by atoms with Gasteiger partial charge in [-0.25, -0.2) is 9.78 Å². The molecular weight excluding hydrogens is 378 g/mol. The highest BCUT2D eigenvalue weighted by atomic mass is 16.6. The van der Waals surface area contributed by atoms with Gasteiger partial charge in [0, 0.05) is 26.1 Å². The second kappa shape index (κ2) is 7.12. The van der Waals surface area contributed by atoms with Crippen molar-refractivity contribution in [3.8, 4) is 11.5 Å². The highest BCUT2D eigenvalue weighted by Gasteiger charge is 2.26. The number of oxime groups is 1. The van der Waals surface area contributed by atoms with Crippen LogP contribution < -0.4 is 20.7 Å². The second-order valence-corrected chi connectivity index (χ2v) is 6.82. The monoisotopic (exact) mass is 399 g/mol. The summed E-state index contributed by atoms with van der Waals surface area (Å²) in [6.45, 7) is 0.0902. The van der Waals surface area contributed by atoms with E-state index in [0.717, 1.165) is 5.56 Å². The van der Waals surface area contributed by atoms with Crippen LogP contribution in [0.15, 0.2) is 39.3 Å². The first-order valence-electron chi connectivity index (χ1n) is 9.00. The first-order chi connectivity index (χ1) is 13.9. The molecule has 29 heavy (non-hydrogen) atoms. The molecule has 0 bridgehead atoms. The standard InChI is InChI=1S/C19H21N5O5/c1-22-10-20-17-16(22)18(25)24(19(26)23(17)2)9-12-8-13(21-29-12)11-5-6-14(27-3)15(7-11)28-4/h5-7,10,12H,8-9H2,1-4H3. The lowest BCUT2D eigenvalue weighted by Gasteiger charge is -2.12. The molecule has 1 aromatic carbocycles. The Morgan fingerprint density at radius 2 is 1.93 bits per heavy atom. The Balaban J connectivity index is 1.60. The van der Waals surface area contributed by atoms with Gasteiger partial charge in [-0.05, 0) is 18.2 Å². The third-order valence-corrected chi connectivity index (χ3v) is 5.04. The zero-order valence-electron chi connectivity index (χ0n) is 16.6. The topological polar surface area (TPSA) is 102 Å². The van der Waals surface area contributed by atoms with Gasteiger partial charge in [0.25, 0.3) is 5.56 Å². The highest BCUT2D eigenvalue weighted by molar-refractivity contribution is 6.01. The van der Waals surface area contributed by atoms with Gasteiger partial charge in [0.15, 0.2) is 28.8 Å². The van der Waals surface area contributed by atoms with Crippen molar-refractivity contribution in [1.82, 2.24) is 18.7 Å². The van der Waals surface area contributed by atoms with E-state index in [1.54, 1.807) is 38.9 Å². The van der Waals surface area contributed by atoms with Crippen molar-refractivity contribution in [1.29, 1.82) is 0 Å². The number of fused-ring (bicyclic) bond motifs is 1. The third-order valence-electron chi connectivity index (χ3n) is 5.04. The fourth-order valence-electron chi connectivity index (χ4n) is 3.47. The number of hydrogen-bond donors (Lipinski definition) is 0. The minimum atomic E-state index is -0.440. The van der Waals surface area contributed by atoms with Gasteiger partial charge in [-0.15, -0.1) is 0 Å². The first-order valence-corrected chi connectivity index (χ1v) is 9.00. The molecule has 10 heteroatoms. The lowest BCUT2D eigenvalue weighted by Crippen LogP contribution is -2.42. The van der Waals surface area contributed by atoms with Gasteiger partial charge in [0.05, 0.1) is 32.8 Å². The van der Waals surface area contributed by atoms with Gasteiger partial charge in [-0.1, -0.05) is 5.16 Å². The number of nitrogens with zero attached hydrogens (tertiary/aromatic N) is 5. The van der Waals surface area contributed by atoms with E-state index < -0.39 is 17.4 Å². The summed E-state index contributed by atoms with van der Waals surface area (Å²) in [5, 5.41) is 4.14. The van der Waals surface area contributed by atoms with E-state index in [1.807, 2.05) is 12.1 Å². The van der Waals surface area contributed by atoms with E-state index >= 15 is 0 Å². The fourth-order valence-corrected chi connectivity index (χ4v) is 3.47. The van der Waals surface area contributed by atoms with Crippen LogP contribution >= 0.6 is 0 Å². The van der Waals surface area contributed by atoms with E-state index in [-0.39, 0.29) is 6.54 Å². The Hall–Kier alpha value is -3.56. The Bertz CT molecular complexity index is 1240. The van der Waals surface area contributed by atoms with Crippen LogP contribution in [0.25, 0.3) is 11.2 Å². The van der Waals surface area contributed by atoms with Crippen molar-refractivity contribution in [2.75, 3.05) is 14.2 Å². The Morgan fingerprint density at radius 1 is 1.17 bits per heavy atom. The van der Waals surface area contributed by atoms with Crippen LogP contribution in [-0.2, 0) is 25.5 Å². The minimum absolute atomic E-state index is 0.0902. The van der Waals surface area contributed by atoms with Crippen molar-refractivity contribution < 1.29 is 14.3 Å². The van der Waals surface area contributed by atoms with Crippen LogP contribution in [0.5, 0.6) is 11.5 Å². The molecular formula is C19H21N5O5. The highest BCUT2D eigenvalue weighted by Crippen LogP contribution is 2.29. The van der Waals surface area contributed by atoms with E-state index in [0.29, 0.717) is 34.8 Å². The van der Waals surface area contributed by atoms with Crippen LogP contribution in [0.2, 0.25) is 0 Å². The fraction of sp³-hybridized carbons (Fsp3) is 0.368. The molecule has 0 N–H and O–H groups in total. The smallest absolute Gasteiger partial charge is 0.332 e. The van der Waals surface area contributed by atoms with Crippen molar-refractivity contribution in [2.24, 2.45) is 19.3 Å². The Kier molecular flexibility index (Phi) is 4.61. The maximum absolute atomic E-state index is 12.8. The average molecular weight is 399 g/mol. The van der Waals surface area contributed by atoms with Crippen molar-refractivity contribution in [3.63, 3.8) is 0 Å². The Morgan fingerprint density at radius 3 is 2.66 bits per heavy atom. The van der Waals surface area contributed by atoms with Crippen LogP contribution in [0, 0.1) is 0 Å². The lowest BCUT2D eigenvalue weighted by atomic mass is 10.0. The molecule has 2 aromatic heterocycles. The number of imidazole rings is 1. The molecule has 152 valence electrons. The number of aryl methyl sites for hydroxylation is 2. The van der Waals surface area contributed by atoms with E-state index in [9.17, 15) is 9.59 Å². The predicted octanol–water partition coefficient (Wildman–Crippen LogP) is 0.644. The summed E-state index contributed by atoms with van der Waals surface area (Å²) in [7, 11) is 6.44. The third kappa shape index (κ3) is 3.06. The normalized spacial score (nSPS) is 16.0. The molecule has 3 aromatic rings. The van der Waals surface area contributed by atoms with E-state index in [4.69, 9.17) is 14.3 Å². The lowest BCUT2D eigenvalue weighted by molar-refractivity contribution is 0.0706. The molecule has 0 amide bonds. The summed E-state index contributed by atoms with van der Waals surface area (Å²) in [6.07, 6.45) is 1.53. The molecule has 0 radical (unpaired) electrons. The number of benzene rings is 1. The minimum Gasteiger partial charge on any atom is -0.493 e. The summed E-state index contributed by atoms with van der Waals surface area (Å²) in [5.74, 6) is 1.20. The van der Waals surface area contributed by atoms with Crippen molar-refractivity contribution >= 4 is 16.9 Å². The summed E-state index contributed by atoms with van der Waals surface area (Å²) in [6, 6.07) is 5.47. The molecule has 10 nitrogen and oxygen atoms in total. The number of methoxy groups -OCH3 is 2. The van der Waals surface area contributed by atoms with Gasteiger partial charge in [-0.3, -0.25) is 13.9 Å². The van der Waals surface area contributed by atoms with Gasteiger partial charge in [0.1, 0.15) is 0 Å². The van der Waals surface area contributed by atoms with Crippen LogP contribution in [0.4, 0.5) is 0 Å². The largest absolute Gasteiger partial charge is 0.493 e. The van der Waals surface area contributed by atoms with Gasteiger partial charge < -0.3 is 18.9 Å². The van der Waals surface area contributed by atoms with Gasteiger partial charge in [0.2, 0.25) is 0 Å². The first kappa shape index (κ1) is 18.8. The molecule has 0 saturated heterocycles. The molecule has 1 aliphatic heterocycles. The van der Waals surface area contributed by atoms with E-state index in [2.05, 4.69) is 10.1 Å². The van der Waals surface area contributed by atoms with Crippen LogP contribution in [-0.4, -0.2) is 44.7 Å². The van der Waals surface area contributed by atoms with Crippen LogP contribution in [0.1, 0.15) is 12.0 Å². The van der Waals surface area contributed by atoms with Crippen molar-refractivity contribution in [3.05, 3.63) is 50.9 Å². The molecule has 4 rings (SSSR count). The molecule has 0 saturated carbocycles. The molecule has 1 unspecified atom stereocenters. The summed E-state index contributed by atoms with van der Waals surface area (Å²) < 4.78 is 14.7. The molecule has 1 aliphatic rings. The van der Waals surface area contributed by atoms with Gasteiger partial charge >= 0.3 is 5.69 Å². The zero-order chi connectivity index (χ0) is 20.7. The number of rotatable bonds is 5. The zero-order valence-corrected chi connectivity index (χ0v) is 16.6.